The Labute approximate surface area is 90.6 Å². The third-order valence-corrected chi connectivity index (χ3v) is 2.32. The van der Waals surface area contributed by atoms with Gasteiger partial charge in [0.15, 0.2) is 0 Å². The van der Waals surface area contributed by atoms with Gasteiger partial charge in [-0.1, -0.05) is 22.9 Å². The molecule has 13 heavy (non-hydrogen) atoms. The van der Waals surface area contributed by atoms with E-state index in [2.05, 4.69) is 35.1 Å². The first-order valence-electron chi connectivity index (χ1n) is 5.03. The zero-order valence-electron chi connectivity index (χ0n) is 8.98. The van der Waals surface area contributed by atoms with Crippen LogP contribution in [0.4, 0.5) is 0 Å². The molecule has 0 rings (SSSR count). The third-order valence-electron chi connectivity index (χ3n) is 1.95. The van der Waals surface area contributed by atoms with Gasteiger partial charge in [0, 0.05) is 24.6 Å². The van der Waals surface area contributed by atoms with Crippen molar-refractivity contribution in [1.82, 2.24) is 5.32 Å². The number of hydrogen-bond acceptors (Lipinski definition) is 2. The van der Waals surface area contributed by atoms with Gasteiger partial charge in [-0.3, -0.25) is 0 Å². The number of unbranched alkanes of at least 4 members (excludes halogenated alkanes) is 1. The van der Waals surface area contributed by atoms with E-state index in [1.54, 1.807) is 7.11 Å². The van der Waals surface area contributed by atoms with Crippen molar-refractivity contribution in [2.24, 2.45) is 0 Å². The zero-order chi connectivity index (χ0) is 10.1. The molecule has 0 saturated heterocycles. The highest BCUT2D eigenvalue weighted by Gasteiger charge is 2.03. The Balaban J connectivity index is 3.12. The van der Waals surface area contributed by atoms with Crippen molar-refractivity contribution in [3.8, 4) is 0 Å². The molecule has 0 radical (unpaired) electrons. The second kappa shape index (κ2) is 8.97. The summed E-state index contributed by atoms with van der Waals surface area (Å²) in [5, 5.41) is 3.49. The summed E-state index contributed by atoms with van der Waals surface area (Å²) < 4.78 is 4.98. The molecule has 3 heteroatoms. The van der Waals surface area contributed by atoms with E-state index in [9.17, 15) is 0 Å². The molecule has 2 nitrogen and oxygen atoms in total. The van der Waals surface area contributed by atoms with Crippen molar-refractivity contribution in [2.45, 2.75) is 44.0 Å². The molecule has 0 saturated carbocycles. The first-order chi connectivity index (χ1) is 6.16. The maximum Gasteiger partial charge on any atom is 0.0462 e. The van der Waals surface area contributed by atoms with Gasteiger partial charge in [-0.25, -0.2) is 0 Å². The van der Waals surface area contributed by atoms with Crippen LogP contribution in [0.15, 0.2) is 0 Å². The Kier molecular flexibility index (Phi) is 9.25. The van der Waals surface area contributed by atoms with Crippen molar-refractivity contribution < 1.29 is 4.74 Å². The molecule has 0 aliphatic carbocycles. The molecule has 0 aromatic rings. The van der Waals surface area contributed by atoms with E-state index in [-0.39, 0.29) is 0 Å². The van der Waals surface area contributed by atoms with E-state index in [4.69, 9.17) is 4.74 Å². The van der Waals surface area contributed by atoms with Crippen molar-refractivity contribution in [3.05, 3.63) is 0 Å². The van der Waals surface area contributed by atoms with Gasteiger partial charge in [-0.05, 0) is 32.7 Å². The van der Waals surface area contributed by atoms with E-state index >= 15 is 0 Å². The standard InChI is InChI=1S/C10H22BrNO/c1-9(11)8-10(2)12-6-4-5-7-13-3/h9-10,12H,4-8H2,1-3H3. The molecule has 0 amide bonds. The van der Waals surface area contributed by atoms with Crippen LogP contribution in [0.2, 0.25) is 0 Å². The fourth-order valence-electron chi connectivity index (χ4n) is 1.29. The molecule has 0 spiro atoms. The van der Waals surface area contributed by atoms with Gasteiger partial charge in [0.2, 0.25) is 0 Å². The van der Waals surface area contributed by atoms with Crippen molar-refractivity contribution in [2.75, 3.05) is 20.3 Å². The molecular formula is C10H22BrNO. The van der Waals surface area contributed by atoms with Gasteiger partial charge in [-0.15, -0.1) is 0 Å². The Hall–Kier alpha value is 0.400. The van der Waals surface area contributed by atoms with Crippen molar-refractivity contribution >= 4 is 15.9 Å². The van der Waals surface area contributed by atoms with Crippen LogP contribution < -0.4 is 5.32 Å². The average Bonchev–Trinajstić information content (AvgIpc) is 2.02. The minimum absolute atomic E-state index is 0.606. The topological polar surface area (TPSA) is 21.3 Å². The molecule has 0 aromatic carbocycles. The minimum Gasteiger partial charge on any atom is -0.385 e. The molecule has 80 valence electrons. The Morgan fingerprint density at radius 3 is 2.54 bits per heavy atom. The fourth-order valence-corrected chi connectivity index (χ4v) is 1.85. The number of ether oxygens (including phenoxy) is 1. The van der Waals surface area contributed by atoms with E-state index < -0.39 is 0 Å². The van der Waals surface area contributed by atoms with Crippen LogP contribution in [0.5, 0.6) is 0 Å². The molecule has 0 bridgehead atoms. The molecule has 0 aliphatic heterocycles. The van der Waals surface area contributed by atoms with Crippen LogP contribution in [-0.4, -0.2) is 31.1 Å². The molecule has 0 fully saturated rings. The first kappa shape index (κ1) is 13.4. The fraction of sp³-hybridized carbons (Fsp3) is 1.00. The second-order valence-corrected chi connectivity index (χ2v) is 5.13. The predicted molar refractivity (Wildman–Crippen MR) is 61.6 cm³/mol. The highest BCUT2D eigenvalue weighted by Crippen LogP contribution is 2.06. The normalized spacial score (nSPS) is 15.7. The number of methoxy groups -OCH3 is 1. The minimum atomic E-state index is 0.606. The molecule has 1 N–H and O–H groups in total. The van der Waals surface area contributed by atoms with Crippen LogP contribution in [0, 0.1) is 0 Å². The summed E-state index contributed by atoms with van der Waals surface area (Å²) in [5.74, 6) is 0. The van der Waals surface area contributed by atoms with Gasteiger partial charge in [-0.2, -0.15) is 0 Å². The maximum absolute atomic E-state index is 4.98. The number of nitrogens with one attached hydrogen (secondary N) is 1. The van der Waals surface area contributed by atoms with Gasteiger partial charge in [0.05, 0.1) is 0 Å². The van der Waals surface area contributed by atoms with Crippen LogP contribution in [0.3, 0.4) is 0 Å². The van der Waals surface area contributed by atoms with Crippen LogP contribution >= 0.6 is 15.9 Å². The molecule has 0 aliphatic rings. The summed E-state index contributed by atoms with van der Waals surface area (Å²) in [6, 6.07) is 0.608. The van der Waals surface area contributed by atoms with Gasteiger partial charge in [0.1, 0.15) is 0 Å². The lowest BCUT2D eigenvalue weighted by molar-refractivity contribution is 0.192. The van der Waals surface area contributed by atoms with Crippen LogP contribution in [0.1, 0.15) is 33.1 Å². The highest BCUT2D eigenvalue weighted by molar-refractivity contribution is 9.09. The molecule has 0 heterocycles. The van der Waals surface area contributed by atoms with E-state index in [0.717, 1.165) is 19.6 Å². The Morgan fingerprint density at radius 1 is 1.31 bits per heavy atom. The van der Waals surface area contributed by atoms with Crippen LogP contribution in [-0.2, 0) is 4.74 Å². The average molecular weight is 252 g/mol. The molecular weight excluding hydrogens is 230 g/mol. The number of halogens is 1. The number of alkyl halides is 1. The molecule has 2 atom stereocenters. The number of hydrogen-bond donors (Lipinski definition) is 1. The summed E-state index contributed by atoms with van der Waals surface area (Å²) in [7, 11) is 1.75. The summed E-state index contributed by atoms with van der Waals surface area (Å²) in [4.78, 5) is 0.606. The summed E-state index contributed by atoms with van der Waals surface area (Å²) >= 11 is 3.55. The van der Waals surface area contributed by atoms with Crippen molar-refractivity contribution in [1.29, 1.82) is 0 Å². The third kappa shape index (κ3) is 10.3. The van der Waals surface area contributed by atoms with Gasteiger partial charge < -0.3 is 10.1 Å². The summed E-state index contributed by atoms with van der Waals surface area (Å²) in [6.07, 6.45) is 3.54. The Bertz CT molecular complexity index is 109. The quantitative estimate of drug-likeness (QED) is 0.529. The monoisotopic (exact) mass is 251 g/mol. The van der Waals surface area contributed by atoms with Crippen LogP contribution in [0.25, 0.3) is 0 Å². The second-order valence-electron chi connectivity index (χ2n) is 3.57. The van der Waals surface area contributed by atoms with E-state index in [1.807, 2.05) is 0 Å². The van der Waals surface area contributed by atoms with E-state index in [1.165, 1.54) is 12.8 Å². The largest absolute Gasteiger partial charge is 0.385 e. The Morgan fingerprint density at radius 2 is 2.00 bits per heavy atom. The van der Waals surface area contributed by atoms with Crippen molar-refractivity contribution in [3.63, 3.8) is 0 Å². The van der Waals surface area contributed by atoms with Gasteiger partial charge >= 0.3 is 0 Å². The predicted octanol–water partition coefficient (Wildman–Crippen LogP) is 2.56. The SMILES string of the molecule is COCCCCNC(C)CC(C)Br. The maximum atomic E-state index is 4.98. The lowest BCUT2D eigenvalue weighted by Crippen LogP contribution is -2.28. The molecule has 2 unspecified atom stereocenters. The molecule has 0 aromatic heterocycles. The highest BCUT2D eigenvalue weighted by atomic mass is 79.9. The zero-order valence-corrected chi connectivity index (χ0v) is 10.6. The van der Waals surface area contributed by atoms with Gasteiger partial charge in [0.25, 0.3) is 0 Å². The number of rotatable bonds is 8. The van der Waals surface area contributed by atoms with E-state index in [0.29, 0.717) is 10.9 Å². The summed E-state index contributed by atoms with van der Waals surface area (Å²) in [5.41, 5.74) is 0. The summed E-state index contributed by atoms with van der Waals surface area (Å²) in [6.45, 7) is 6.40. The first-order valence-corrected chi connectivity index (χ1v) is 5.94. The lowest BCUT2D eigenvalue weighted by Gasteiger charge is -2.14. The smallest absolute Gasteiger partial charge is 0.0462 e. The lowest BCUT2D eigenvalue weighted by atomic mass is 10.2.